The van der Waals surface area contributed by atoms with Gasteiger partial charge in [-0.15, -0.1) is 0 Å². The lowest BCUT2D eigenvalue weighted by Gasteiger charge is -2.15. The van der Waals surface area contributed by atoms with E-state index in [1.807, 2.05) is 13.8 Å². The van der Waals surface area contributed by atoms with E-state index in [2.05, 4.69) is 10.7 Å². The number of nitrogen functional groups attached to an aromatic ring is 1. The van der Waals surface area contributed by atoms with Gasteiger partial charge in [0.25, 0.3) is 11.6 Å². The predicted octanol–water partition coefficient (Wildman–Crippen LogP) is 1.80. The maximum Gasteiger partial charge on any atom is 0.282 e. The molecule has 0 aliphatic rings. The Hall–Kier alpha value is -2.15. The number of benzene rings is 1. The van der Waals surface area contributed by atoms with E-state index in [4.69, 9.17) is 5.84 Å². The SMILES string of the molecule is CCC(CC)NC(=O)c1cc(NN)ccc1[N+](=O)[O-]. The van der Waals surface area contributed by atoms with Crippen LogP contribution in [0.25, 0.3) is 0 Å². The summed E-state index contributed by atoms with van der Waals surface area (Å²) in [7, 11) is 0. The number of hydrogen-bond donors (Lipinski definition) is 3. The van der Waals surface area contributed by atoms with Gasteiger partial charge in [0, 0.05) is 17.8 Å². The molecule has 1 amide bonds. The molecule has 0 saturated carbocycles. The van der Waals surface area contributed by atoms with Crippen molar-refractivity contribution in [3.05, 3.63) is 33.9 Å². The first-order valence-corrected chi connectivity index (χ1v) is 6.09. The van der Waals surface area contributed by atoms with Crippen molar-refractivity contribution < 1.29 is 9.72 Å². The zero-order valence-corrected chi connectivity index (χ0v) is 11.0. The average molecular weight is 266 g/mol. The molecule has 0 saturated heterocycles. The zero-order valence-electron chi connectivity index (χ0n) is 11.0. The maximum atomic E-state index is 12.1. The normalized spacial score (nSPS) is 10.3. The minimum absolute atomic E-state index is 0.00148. The Bertz CT molecular complexity index is 472. The maximum absolute atomic E-state index is 12.1. The topological polar surface area (TPSA) is 110 Å². The Labute approximate surface area is 111 Å². The number of carbonyl (C=O) groups is 1. The summed E-state index contributed by atoms with van der Waals surface area (Å²) in [5.74, 6) is 4.79. The molecule has 1 aromatic carbocycles. The number of amides is 1. The van der Waals surface area contributed by atoms with Gasteiger partial charge in [0.15, 0.2) is 0 Å². The molecule has 1 rings (SSSR count). The minimum atomic E-state index is -0.581. The van der Waals surface area contributed by atoms with Gasteiger partial charge in [-0.3, -0.25) is 20.8 Å². The minimum Gasteiger partial charge on any atom is -0.349 e. The third-order valence-corrected chi connectivity index (χ3v) is 2.93. The molecule has 0 aliphatic carbocycles. The van der Waals surface area contributed by atoms with Gasteiger partial charge in [-0.1, -0.05) is 13.8 Å². The number of anilines is 1. The number of hydrazine groups is 1. The third-order valence-electron chi connectivity index (χ3n) is 2.93. The molecule has 0 bridgehead atoms. The standard InChI is InChI=1S/C12H18N4O3/c1-3-8(4-2)14-12(17)10-7-9(15-13)5-6-11(10)16(18)19/h5-8,15H,3-4,13H2,1-2H3,(H,14,17). The Balaban J connectivity index is 3.08. The van der Waals surface area contributed by atoms with Gasteiger partial charge in [0.1, 0.15) is 5.56 Å². The van der Waals surface area contributed by atoms with E-state index in [1.54, 1.807) is 0 Å². The first-order valence-electron chi connectivity index (χ1n) is 6.09. The molecule has 0 fully saturated rings. The van der Waals surface area contributed by atoms with Gasteiger partial charge in [-0.05, 0) is 25.0 Å². The second kappa shape index (κ2) is 6.69. The lowest BCUT2D eigenvalue weighted by Crippen LogP contribution is -2.34. The van der Waals surface area contributed by atoms with E-state index in [-0.39, 0.29) is 17.3 Å². The largest absolute Gasteiger partial charge is 0.349 e. The summed E-state index contributed by atoms with van der Waals surface area (Å²) >= 11 is 0. The van der Waals surface area contributed by atoms with Crippen LogP contribution in [0, 0.1) is 10.1 Å². The Kier molecular flexibility index (Phi) is 5.25. The molecule has 7 nitrogen and oxygen atoms in total. The molecule has 7 heteroatoms. The summed E-state index contributed by atoms with van der Waals surface area (Å²) in [6, 6.07) is 4.08. The van der Waals surface area contributed by atoms with Crippen LogP contribution in [0.4, 0.5) is 11.4 Å². The first kappa shape index (κ1) is 14.9. The smallest absolute Gasteiger partial charge is 0.282 e. The van der Waals surface area contributed by atoms with Crippen LogP contribution in [0.1, 0.15) is 37.0 Å². The predicted molar refractivity (Wildman–Crippen MR) is 72.7 cm³/mol. The van der Waals surface area contributed by atoms with Crippen molar-refractivity contribution in [3.63, 3.8) is 0 Å². The molecule has 0 spiro atoms. The molecule has 0 heterocycles. The Morgan fingerprint density at radius 2 is 2.05 bits per heavy atom. The number of rotatable bonds is 6. The zero-order chi connectivity index (χ0) is 14.4. The molecular formula is C12H18N4O3. The van der Waals surface area contributed by atoms with Crippen LogP contribution >= 0.6 is 0 Å². The quantitative estimate of drug-likeness (QED) is 0.413. The number of nitrogens with zero attached hydrogens (tertiary/aromatic N) is 1. The van der Waals surface area contributed by atoms with Crippen LogP contribution < -0.4 is 16.6 Å². The lowest BCUT2D eigenvalue weighted by molar-refractivity contribution is -0.385. The van der Waals surface area contributed by atoms with Crippen LogP contribution in [0.5, 0.6) is 0 Å². The van der Waals surface area contributed by atoms with Gasteiger partial charge in [0.2, 0.25) is 0 Å². The average Bonchev–Trinajstić information content (AvgIpc) is 2.43. The number of nitro groups is 1. The fourth-order valence-electron chi connectivity index (χ4n) is 1.72. The van der Waals surface area contributed by atoms with E-state index < -0.39 is 10.8 Å². The molecule has 0 aliphatic heterocycles. The molecule has 104 valence electrons. The van der Waals surface area contributed by atoms with Crippen LogP contribution in [0.2, 0.25) is 0 Å². The number of nitrogens with one attached hydrogen (secondary N) is 2. The monoisotopic (exact) mass is 266 g/mol. The molecule has 0 aromatic heterocycles. The van der Waals surface area contributed by atoms with E-state index in [9.17, 15) is 14.9 Å². The van der Waals surface area contributed by atoms with E-state index in [0.29, 0.717) is 5.69 Å². The van der Waals surface area contributed by atoms with Crippen LogP contribution in [-0.2, 0) is 0 Å². The van der Waals surface area contributed by atoms with Gasteiger partial charge in [-0.25, -0.2) is 0 Å². The van der Waals surface area contributed by atoms with Gasteiger partial charge in [-0.2, -0.15) is 0 Å². The number of nitrogens with two attached hydrogens (primary N) is 1. The van der Waals surface area contributed by atoms with E-state index >= 15 is 0 Å². The van der Waals surface area contributed by atoms with Crippen molar-refractivity contribution in [2.45, 2.75) is 32.7 Å². The summed E-state index contributed by atoms with van der Waals surface area (Å²) in [6.45, 7) is 3.89. The van der Waals surface area contributed by atoms with Crippen molar-refractivity contribution in [3.8, 4) is 0 Å². The first-order chi connectivity index (χ1) is 9.03. The molecule has 0 radical (unpaired) electrons. The number of hydrogen-bond acceptors (Lipinski definition) is 5. The summed E-state index contributed by atoms with van der Waals surface area (Å²) in [5.41, 5.74) is 2.58. The highest BCUT2D eigenvalue weighted by Gasteiger charge is 2.21. The summed E-state index contributed by atoms with van der Waals surface area (Å²) in [5, 5.41) is 13.7. The van der Waals surface area contributed by atoms with Crippen molar-refractivity contribution in [2.75, 3.05) is 5.43 Å². The number of carbonyl (C=O) groups excluding carboxylic acids is 1. The Morgan fingerprint density at radius 1 is 1.42 bits per heavy atom. The fourth-order valence-corrected chi connectivity index (χ4v) is 1.72. The molecule has 0 unspecified atom stereocenters. The summed E-state index contributed by atoms with van der Waals surface area (Å²) in [6.07, 6.45) is 1.54. The van der Waals surface area contributed by atoms with Gasteiger partial charge < -0.3 is 10.7 Å². The summed E-state index contributed by atoms with van der Waals surface area (Å²) in [4.78, 5) is 22.4. The van der Waals surface area contributed by atoms with Crippen molar-refractivity contribution in [2.24, 2.45) is 5.84 Å². The van der Waals surface area contributed by atoms with Crippen LogP contribution in [-0.4, -0.2) is 16.9 Å². The fraction of sp³-hybridized carbons (Fsp3) is 0.417. The Morgan fingerprint density at radius 3 is 2.53 bits per heavy atom. The number of nitro benzene ring substituents is 1. The van der Waals surface area contributed by atoms with Crippen LogP contribution in [0.15, 0.2) is 18.2 Å². The van der Waals surface area contributed by atoms with Gasteiger partial charge >= 0.3 is 0 Å². The second-order valence-electron chi connectivity index (χ2n) is 4.12. The van der Waals surface area contributed by atoms with E-state index in [1.165, 1.54) is 18.2 Å². The highest BCUT2D eigenvalue weighted by Crippen LogP contribution is 2.22. The molecule has 1 aromatic rings. The molecular weight excluding hydrogens is 248 g/mol. The van der Waals surface area contributed by atoms with E-state index in [0.717, 1.165) is 12.8 Å². The molecule has 0 atom stereocenters. The van der Waals surface area contributed by atoms with Crippen molar-refractivity contribution >= 4 is 17.3 Å². The highest BCUT2D eigenvalue weighted by molar-refractivity contribution is 5.99. The highest BCUT2D eigenvalue weighted by atomic mass is 16.6. The molecule has 4 N–H and O–H groups in total. The van der Waals surface area contributed by atoms with Crippen molar-refractivity contribution in [1.82, 2.24) is 5.32 Å². The molecule has 19 heavy (non-hydrogen) atoms. The second-order valence-corrected chi connectivity index (χ2v) is 4.12. The van der Waals surface area contributed by atoms with Crippen molar-refractivity contribution in [1.29, 1.82) is 0 Å². The lowest BCUT2D eigenvalue weighted by atomic mass is 10.1. The third kappa shape index (κ3) is 3.65. The van der Waals surface area contributed by atoms with Gasteiger partial charge in [0.05, 0.1) is 4.92 Å². The summed E-state index contributed by atoms with van der Waals surface area (Å²) < 4.78 is 0. The van der Waals surface area contributed by atoms with Crippen LogP contribution in [0.3, 0.4) is 0 Å².